The average Bonchev–Trinajstić information content (AvgIpc) is 2.15. The third-order valence-electron chi connectivity index (χ3n) is 2.47. The first-order valence-corrected chi connectivity index (χ1v) is 4.97. The van der Waals surface area contributed by atoms with Gasteiger partial charge in [0, 0.05) is 12.6 Å². The maximum Gasteiger partial charge on any atom is 0.0208 e. The lowest BCUT2D eigenvalue weighted by Gasteiger charge is -2.17. The molecule has 0 aliphatic heterocycles. The van der Waals surface area contributed by atoms with Crippen molar-refractivity contribution in [1.29, 1.82) is 0 Å². The summed E-state index contributed by atoms with van der Waals surface area (Å²) < 4.78 is 0. The maximum atomic E-state index is 3.50. The zero-order valence-electron chi connectivity index (χ0n) is 8.75. The Labute approximate surface area is 81.2 Å². The molecular formula is C12H19N. The molecule has 72 valence electrons. The van der Waals surface area contributed by atoms with Crippen LogP contribution < -0.4 is 5.32 Å². The molecule has 1 aromatic carbocycles. The van der Waals surface area contributed by atoms with E-state index in [1.807, 2.05) is 0 Å². The Morgan fingerprint density at radius 3 is 2.23 bits per heavy atom. The number of hydrogen-bond acceptors (Lipinski definition) is 1. The molecule has 1 rings (SSSR count). The summed E-state index contributed by atoms with van der Waals surface area (Å²) in [4.78, 5) is 0. The van der Waals surface area contributed by atoms with Gasteiger partial charge in [-0.2, -0.15) is 0 Å². The summed E-state index contributed by atoms with van der Waals surface area (Å²) >= 11 is 0. The van der Waals surface area contributed by atoms with Crippen LogP contribution in [-0.4, -0.2) is 6.04 Å². The first-order chi connectivity index (χ1) is 6.20. The van der Waals surface area contributed by atoms with Crippen molar-refractivity contribution in [1.82, 2.24) is 5.32 Å². The molecule has 0 heterocycles. The Hall–Kier alpha value is -0.820. The van der Waals surface area contributed by atoms with E-state index < -0.39 is 0 Å². The molecule has 1 aromatic rings. The molecule has 0 saturated carbocycles. The lowest BCUT2D eigenvalue weighted by molar-refractivity contribution is 0.426. The predicted octanol–water partition coefficient (Wildman–Crippen LogP) is 2.82. The maximum absolute atomic E-state index is 3.50. The Balaban J connectivity index is 2.35. The van der Waals surface area contributed by atoms with Crippen LogP contribution in [0.1, 0.15) is 26.3 Å². The number of rotatable bonds is 4. The van der Waals surface area contributed by atoms with Gasteiger partial charge in [0.05, 0.1) is 0 Å². The van der Waals surface area contributed by atoms with Crippen molar-refractivity contribution in [2.45, 2.75) is 33.4 Å². The van der Waals surface area contributed by atoms with Gasteiger partial charge in [-0.05, 0) is 18.4 Å². The van der Waals surface area contributed by atoms with Gasteiger partial charge in [0.1, 0.15) is 0 Å². The van der Waals surface area contributed by atoms with Gasteiger partial charge in [0.2, 0.25) is 0 Å². The van der Waals surface area contributed by atoms with Crippen LogP contribution >= 0.6 is 0 Å². The van der Waals surface area contributed by atoms with Crippen LogP contribution in [0.4, 0.5) is 0 Å². The summed E-state index contributed by atoms with van der Waals surface area (Å²) in [6.07, 6.45) is 0. The van der Waals surface area contributed by atoms with Gasteiger partial charge in [-0.15, -0.1) is 0 Å². The molecule has 0 bridgehead atoms. The molecule has 13 heavy (non-hydrogen) atoms. The van der Waals surface area contributed by atoms with E-state index in [0.29, 0.717) is 12.0 Å². The van der Waals surface area contributed by atoms with E-state index in [1.54, 1.807) is 0 Å². The van der Waals surface area contributed by atoms with Crippen LogP contribution in [0.3, 0.4) is 0 Å². The second kappa shape index (κ2) is 5.03. The zero-order valence-corrected chi connectivity index (χ0v) is 8.75. The van der Waals surface area contributed by atoms with Crippen molar-refractivity contribution in [3.8, 4) is 0 Å². The van der Waals surface area contributed by atoms with Crippen molar-refractivity contribution in [3.63, 3.8) is 0 Å². The molecule has 1 heteroatoms. The van der Waals surface area contributed by atoms with Crippen LogP contribution in [0.5, 0.6) is 0 Å². The molecule has 1 atom stereocenters. The zero-order chi connectivity index (χ0) is 9.68. The van der Waals surface area contributed by atoms with E-state index in [-0.39, 0.29) is 0 Å². The topological polar surface area (TPSA) is 12.0 Å². The molecule has 0 unspecified atom stereocenters. The largest absolute Gasteiger partial charge is 0.310 e. The van der Waals surface area contributed by atoms with Crippen LogP contribution in [-0.2, 0) is 6.54 Å². The minimum Gasteiger partial charge on any atom is -0.310 e. The summed E-state index contributed by atoms with van der Waals surface area (Å²) in [5.41, 5.74) is 1.36. The summed E-state index contributed by atoms with van der Waals surface area (Å²) in [5.74, 6) is 0.698. The smallest absolute Gasteiger partial charge is 0.0208 e. The molecule has 0 aromatic heterocycles. The highest BCUT2D eigenvalue weighted by molar-refractivity contribution is 5.14. The lowest BCUT2D eigenvalue weighted by Crippen LogP contribution is -2.30. The Morgan fingerprint density at radius 1 is 1.08 bits per heavy atom. The van der Waals surface area contributed by atoms with E-state index in [0.717, 1.165) is 6.54 Å². The van der Waals surface area contributed by atoms with Crippen molar-refractivity contribution >= 4 is 0 Å². The summed E-state index contributed by atoms with van der Waals surface area (Å²) in [6.45, 7) is 7.68. The molecule has 1 nitrogen and oxygen atoms in total. The van der Waals surface area contributed by atoms with Crippen molar-refractivity contribution in [2.75, 3.05) is 0 Å². The fourth-order valence-electron chi connectivity index (χ4n) is 1.11. The Kier molecular flexibility index (Phi) is 3.97. The van der Waals surface area contributed by atoms with Crippen LogP contribution in [0.2, 0.25) is 0 Å². The molecule has 0 saturated heterocycles. The normalized spacial score (nSPS) is 13.2. The highest BCUT2D eigenvalue weighted by Crippen LogP contribution is 2.03. The number of hydrogen-bond donors (Lipinski definition) is 1. The fraction of sp³-hybridized carbons (Fsp3) is 0.500. The second-order valence-electron chi connectivity index (χ2n) is 3.90. The van der Waals surface area contributed by atoms with Crippen LogP contribution in [0.25, 0.3) is 0 Å². The van der Waals surface area contributed by atoms with Crippen molar-refractivity contribution in [2.24, 2.45) is 5.92 Å². The summed E-state index contributed by atoms with van der Waals surface area (Å²) in [5, 5.41) is 3.50. The standard InChI is InChI=1S/C12H19N/c1-10(2)11(3)13-9-12-7-5-4-6-8-12/h4-8,10-11,13H,9H2,1-3H3/t11-/m1/s1. The molecular weight excluding hydrogens is 158 g/mol. The molecule has 0 fully saturated rings. The van der Waals surface area contributed by atoms with E-state index >= 15 is 0 Å². The first-order valence-electron chi connectivity index (χ1n) is 4.97. The summed E-state index contributed by atoms with van der Waals surface area (Å²) in [7, 11) is 0. The van der Waals surface area contributed by atoms with Gasteiger partial charge in [-0.25, -0.2) is 0 Å². The highest BCUT2D eigenvalue weighted by Gasteiger charge is 2.04. The van der Waals surface area contributed by atoms with E-state index in [4.69, 9.17) is 0 Å². The van der Waals surface area contributed by atoms with Gasteiger partial charge < -0.3 is 5.32 Å². The van der Waals surface area contributed by atoms with Crippen LogP contribution in [0, 0.1) is 5.92 Å². The number of nitrogens with one attached hydrogen (secondary N) is 1. The van der Waals surface area contributed by atoms with Gasteiger partial charge >= 0.3 is 0 Å². The molecule has 0 spiro atoms. The van der Waals surface area contributed by atoms with Gasteiger partial charge in [-0.1, -0.05) is 44.2 Å². The van der Waals surface area contributed by atoms with E-state index in [2.05, 4.69) is 56.4 Å². The first kappa shape index (κ1) is 10.3. The molecule has 1 N–H and O–H groups in total. The molecule has 0 amide bonds. The lowest BCUT2D eigenvalue weighted by atomic mass is 10.1. The number of benzene rings is 1. The third-order valence-corrected chi connectivity index (χ3v) is 2.47. The van der Waals surface area contributed by atoms with Gasteiger partial charge in [0.15, 0.2) is 0 Å². The van der Waals surface area contributed by atoms with E-state index in [9.17, 15) is 0 Å². The van der Waals surface area contributed by atoms with Gasteiger partial charge in [-0.3, -0.25) is 0 Å². The Bertz CT molecular complexity index is 228. The molecule has 0 aliphatic rings. The van der Waals surface area contributed by atoms with Gasteiger partial charge in [0.25, 0.3) is 0 Å². The predicted molar refractivity (Wildman–Crippen MR) is 57.6 cm³/mol. The minimum absolute atomic E-state index is 0.584. The van der Waals surface area contributed by atoms with E-state index in [1.165, 1.54) is 5.56 Å². The SMILES string of the molecule is CC(C)[C@@H](C)NCc1ccccc1. The second-order valence-corrected chi connectivity index (χ2v) is 3.90. The summed E-state index contributed by atoms with van der Waals surface area (Å²) in [6, 6.07) is 11.1. The van der Waals surface area contributed by atoms with Crippen molar-refractivity contribution < 1.29 is 0 Å². The average molecular weight is 177 g/mol. The molecule has 0 radical (unpaired) electrons. The monoisotopic (exact) mass is 177 g/mol. The fourth-order valence-corrected chi connectivity index (χ4v) is 1.11. The quantitative estimate of drug-likeness (QED) is 0.745. The highest BCUT2D eigenvalue weighted by atomic mass is 14.9. The minimum atomic E-state index is 0.584. The van der Waals surface area contributed by atoms with Crippen LogP contribution in [0.15, 0.2) is 30.3 Å². The third kappa shape index (κ3) is 3.60. The Morgan fingerprint density at radius 2 is 1.69 bits per heavy atom. The van der Waals surface area contributed by atoms with Crippen molar-refractivity contribution in [3.05, 3.63) is 35.9 Å². The molecule has 0 aliphatic carbocycles.